The van der Waals surface area contributed by atoms with Crippen molar-refractivity contribution in [2.75, 3.05) is 0 Å². The number of alkyl halides is 9. The van der Waals surface area contributed by atoms with Crippen LogP contribution in [0.25, 0.3) is 0 Å². The molecular formula is C10H2F9NO4S. The molecule has 0 saturated carbocycles. The average molecular weight is 403 g/mol. The molecule has 0 aromatic heterocycles. The molecule has 5 nitrogen and oxygen atoms in total. The molecule has 0 aliphatic heterocycles. The van der Waals surface area contributed by atoms with Gasteiger partial charge in [0.25, 0.3) is 6.08 Å². The van der Waals surface area contributed by atoms with Crippen molar-refractivity contribution in [3.8, 4) is 5.75 Å². The summed E-state index contributed by atoms with van der Waals surface area (Å²) < 4.78 is 142. The Morgan fingerprint density at radius 2 is 1.24 bits per heavy atom. The van der Waals surface area contributed by atoms with E-state index >= 15 is 0 Å². The predicted molar refractivity (Wildman–Crippen MR) is 59.1 cm³/mol. The van der Waals surface area contributed by atoms with Gasteiger partial charge in [-0.05, 0) is 16.5 Å². The molecule has 0 amide bonds. The fraction of sp³-hybridized carbons (Fsp3) is 0.300. The average Bonchev–Trinajstić information content (AvgIpc) is 2.33. The summed E-state index contributed by atoms with van der Waals surface area (Å²) in [5.41, 5.74) is -7.71. The third kappa shape index (κ3) is 5.09. The number of carbonyl (C=O) groups excluding carboxylic acids is 1. The second-order valence-corrected chi connectivity index (χ2v) is 5.29. The van der Waals surface area contributed by atoms with Crippen LogP contribution in [0.2, 0.25) is 0 Å². The third-order valence-corrected chi connectivity index (χ3v) is 3.04. The van der Waals surface area contributed by atoms with Crippen molar-refractivity contribution in [3.63, 3.8) is 0 Å². The zero-order valence-electron chi connectivity index (χ0n) is 11.0. The first-order valence-corrected chi connectivity index (χ1v) is 6.79. The van der Waals surface area contributed by atoms with Gasteiger partial charge in [0.05, 0.1) is 5.56 Å². The molecule has 0 aliphatic carbocycles. The summed E-state index contributed by atoms with van der Waals surface area (Å²) in [6.45, 7) is 0. The van der Waals surface area contributed by atoms with E-state index in [9.17, 15) is 52.7 Å². The monoisotopic (exact) mass is 403 g/mol. The van der Waals surface area contributed by atoms with Crippen molar-refractivity contribution in [2.45, 2.75) is 18.5 Å². The molecule has 25 heavy (non-hydrogen) atoms. The molecule has 0 aliphatic rings. The Balaban J connectivity index is 3.92. The lowest BCUT2D eigenvalue weighted by atomic mass is 10.0. The van der Waals surface area contributed by atoms with Crippen LogP contribution in [-0.4, -0.2) is 14.5 Å². The van der Waals surface area contributed by atoms with Crippen LogP contribution >= 0.6 is 0 Å². The minimum absolute atomic E-state index is 0.300. The van der Waals surface area contributed by atoms with Gasteiger partial charge in [-0.3, -0.25) is 0 Å². The van der Waals surface area contributed by atoms with Crippen molar-refractivity contribution in [1.82, 2.24) is 0 Å². The summed E-state index contributed by atoms with van der Waals surface area (Å²) >= 11 is 0. The fourth-order valence-corrected chi connectivity index (χ4v) is 1.99. The Kier molecular flexibility index (Phi) is 5.17. The van der Waals surface area contributed by atoms with Gasteiger partial charge in [0.1, 0.15) is 11.1 Å². The highest BCUT2D eigenvalue weighted by atomic mass is 32.2. The maximum Gasteiger partial charge on any atom is 0.439 e. The maximum absolute atomic E-state index is 12.8. The van der Waals surface area contributed by atoms with Crippen molar-refractivity contribution >= 4 is 16.4 Å². The molecule has 0 fully saturated rings. The SMILES string of the molecule is O=C=NS(=O)(=O)Oc1c(C(F)(F)F)cc(C(F)(F)F)cc1C(F)(F)F. The maximum atomic E-state index is 12.8. The first kappa shape index (κ1) is 20.8. The quantitative estimate of drug-likeness (QED) is 0.438. The first-order valence-electron chi connectivity index (χ1n) is 5.42. The standard InChI is InChI=1S/C10H2F9NO4S/c11-8(12,13)4-1-5(9(14,15)16)7(6(2-4)10(17,18)19)24-25(22,23)20-3-21/h1-2H. The van der Waals surface area contributed by atoms with E-state index in [1.807, 2.05) is 4.40 Å². The summed E-state index contributed by atoms with van der Waals surface area (Å²) in [6, 6.07) is -1.55. The largest absolute Gasteiger partial charge is 0.439 e. The van der Waals surface area contributed by atoms with Gasteiger partial charge in [-0.25, -0.2) is 4.79 Å². The minimum Gasteiger partial charge on any atom is -0.364 e. The molecule has 0 heterocycles. The van der Waals surface area contributed by atoms with Gasteiger partial charge in [-0.15, -0.1) is 0 Å². The van der Waals surface area contributed by atoms with Crippen LogP contribution in [0, 0.1) is 0 Å². The summed E-state index contributed by atoms with van der Waals surface area (Å²) in [7, 11) is -5.68. The first-order chi connectivity index (χ1) is 11.0. The zero-order valence-corrected chi connectivity index (χ0v) is 11.9. The zero-order chi connectivity index (χ0) is 19.8. The van der Waals surface area contributed by atoms with Crippen LogP contribution in [0.1, 0.15) is 16.7 Å². The molecule has 0 radical (unpaired) electrons. The number of rotatable bonds is 3. The molecule has 0 saturated heterocycles. The summed E-state index contributed by atoms with van der Waals surface area (Å²) in [6.07, 6.45) is -17.0. The molecular weight excluding hydrogens is 401 g/mol. The highest BCUT2D eigenvalue weighted by Gasteiger charge is 2.46. The van der Waals surface area contributed by atoms with E-state index in [1.165, 1.54) is 0 Å². The highest BCUT2D eigenvalue weighted by molar-refractivity contribution is 7.85. The topological polar surface area (TPSA) is 72.8 Å². The van der Waals surface area contributed by atoms with E-state index in [-0.39, 0.29) is 0 Å². The smallest absolute Gasteiger partial charge is 0.364 e. The molecule has 0 N–H and O–H groups in total. The second-order valence-electron chi connectivity index (χ2n) is 4.09. The molecule has 140 valence electrons. The van der Waals surface area contributed by atoms with Crippen molar-refractivity contribution in [1.29, 1.82) is 0 Å². The van der Waals surface area contributed by atoms with Gasteiger partial charge in [0.2, 0.25) is 0 Å². The van der Waals surface area contributed by atoms with Gasteiger partial charge in [0.15, 0.2) is 5.75 Å². The number of nitrogens with zero attached hydrogens (tertiary/aromatic N) is 1. The molecule has 0 unspecified atom stereocenters. The molecule has 1 aromatic rings. The number of halogens is 9. The van der Waals surface area contributed by atoms with E-state index < -0.39 is 63.4 Å². The molecule has 0 atom stereocenters. The Morgan fingerprint density at radius 3 is 1.52 bits per heavy atom. The van der Waals surface area contributed by atoms with Crippen LogP contribution < -0.4 is 4.18 Å². The summed E-state index contributed by atoms with van der Waals surface area (Å²) in [5, 5.41) is 0. The van der Waals surface area contributed by atoms with Crippen molar-refractivity contribution in [2.24, 2.45) is 4.40 Å². The Labute approximate surface area is 132 Å². The van der Waals surface area contributed by atoms with Crippen LogP contribution in [0.3, 0.4) is 0 Å². The summed E-state index contributed by atoms with van der Waals surface area (Å²) in [4.78, 5) is 9.82. The van der Waals surface area contributed by atoms with Gasteiger partial charge in [-0.2, -0.15) is 47.9 Å². The van der Waals surface area contributed by atoms with Crippen LogP contribution in [0.15, 0.2) is 16.5 Å². The van der Waals surface area contributed by atoms with E-state index in [4.69, 9.17) is 0 Å². The van der Waals surface area contributed by atoms with E-state index in [1.54, 1.807) is 0 Å². The number of hydrogen-bond acceptors (Lipinski definition) is 4. The van der Waals surface area contributed by atoms with E-state index in [0.717, 1.165) is 0 Å². The Hall–Kier alpha value is -2.28. The minimum atomic E-state index is -5.86. The highest BCUT2D eigenvalue weighted by Crippen LogP contribution is 2.47. The van der Waals surface area contributed by atoms with Crippen molar-refractivity contribution < 1.29 is 56.9 Å². The molecule has 1 rings (SSSR count). The Bertz CT molecular complexity index is 781. The predicted octanol–water partition coefficient (Wildman–Crippen LogP) is 3.70. The van der Waals surface area contributed by atoms with Gasteiger partial charge >= 0.3 is 28.8 Å². The lowest BCUT2D eigenvalue weighted by molar-refractivity contribution is -0.149. The van der Waals surface area contributed by atoms with Crippen molar-refractivity contribution in [3.05, 3.63) is 28.8 Å². The van der Waals surface area contributed by atoms with Gasteiger partial charge in [-0.1, -0.05) is 0 Å². The third-order valence-electron chi connectivity index (χ3n) is 2.36. The van der Waals surface area contributed by atoms with E-state index in [0.29, 0.717) is 6.08 Å². The summed E-state index contributed by atoms with van der Waals surface area (Å²) in [5.74, 6) is -2.51. The number of hydrogen-bond donors (Lipinski definition) is 0. The second kappa shape index (κ2) is 6.22. The number of isocyanates is 1. The number of benzene rings is 1. The normalized spacial score (nSPS) is 13.3. The van der Waals surface area contributed by atoms with Gasteiger partial charge < -0.3 is 4.18 Å². The molecule has 1 aromatic carbocycles. The molecule has 15 heteroatoms. The lowest BCUT2D eigenvalue weighted by Gasteiger charge is -2.20. The van der Waals surface area contributed by atoms with Crippen LogP contribution in [0.5, 0.6) is 5.75 Å². The van der Waals surface area contributed by atoms with Crippen LogP contribution in [0.4, 0.5) is 39.5 Å². The van der Waals surface area contributed by atoms with Crippen LogP contribution in [-0.2, 0) is 33.6 Å². The van der Waals surface area contributed by atoms with E-state index in [2.05, 4.69) is 4.18 Å². The van der Waals surface area contributed by atoms with Gasteiger partial charge in [0, 0.05) is 0 Å². The lowest BCUT2D eigenvalue weighted by Crippen LogP contribution is -2.20. The fourth-order valence-electron chi connectivity index (χ4n) is 1.47. The molecule has 0 spiro atoms. The molecule has 0 bridgehead atoms. The Morgan fingerprint density at radius 1 is 0.840 bits per heavy atom.